The van der Waals surface area contributed by atoms with Crippen molar-refractivity contribution in [2.45, 2.75) is 38.1 Å². The molecule has 1 aliphatic rings. The Hall–Kier alpha value is -1.42. The van der Waals surface area contributed by atoms with E-state index in [1.165, 1.54) is 0 Å². The molecular formula is C16H24N2O2. The van der Waals surface area contributed by atoms with E-state index in [2.05, 4.69) is 16.8 Å². The first-order valence-electron chi connectivity index (χ1n) is 7.21. The second-order valence-electron chi connectivity index (χ2n) is 6.05. The Kier molecular flexibility index (Phi) is 4.43. The van der Waals surface area contributed by atoms with Crippen molar-refractivity contribution < 1.29 is 9.53 Å². The minimum atomic E-state index is -0.388. The average molecular weight is 276 g/mol. The van der Waals surface area contributed by atoms with E-state index in [4.69, 9.17) is 4.74 Å². The monoisotopic (exact) mass is 276 g/mol. The number of carbonyl (C=O) groups excluding carboxylic acids is 1. The van der Waals surface area contributed by atoms with Gasteiger partial charge in [0.15, 0.2) is 5.78 Å². The van der Waals surface area contributed by atoms with Crippen molar-refractivity contribution in [2.24, 2.45) is 5.92 Å². The predicted molar refractivity (Wildman–Crippen MR) is 79.2 cm³/mol. The molecule has 0 spiro atoms. The Bertz CT molecular complexity index is 477. The Morgan fingerprint density at radius 3 is 2.55 bits per heavy atom. The smallest absolute Gasteiger partial charge is 0.184 e. The van der Waals surface area contributed by atoms with Crippen LogP contribution in [-0.4, -0.2) is 42.4 Å². The van der Waals surface area contributed by atoms with Crippen LogP contribution < -0.4 is 4.74 Å². The van der Waals surface area contributed by atoms with E-state index < -0.39 is 0 Å². The molecular weight excluding hydrogens is 252 g/mol. The quantitative estimate of drug-likeness (QED) is 0.793. The minimum absolute atomic E-state index is 0.167. The second-order valence-corrected chi connectivity index (χ2v) is 6.05. The van der Waals surface area contributed by atoms with Gasteiger partial charge in [0.25, 0.3) is 0 Å². The predicted octanol–water partition coefficient (Wildman–Crippen LogP) is 2.78. The average Bonchev–Trinajstić information content (AvgIpc) is 2.47. The van der Waals surface area contributed by atoms with Gasteiger partial charge in [-0.1, -0.05) is 6.92 Å². The first kappa shape index (κ1) is 15.0. The van der Waals surface area contributed by atoms with Gasteiger partial charge in [-0.15, -0.1) is 0 Å². The Morgan fingerprint density at radius 2 is 2.00 bits per heavy atom. The van der Waals surface area contributed by atoms with Gasteiger partial charge in [0.2, 0.25) is 0 Å². The number of hydrogen-bond donors (Lipinski definition) is 0. The fourth-order valence-electron chi connectivity index (χ4n) is 3.04. The molecule has 20 heavy (non-hydrogen) atoms. The molecule has 0 aliphatic heterocycles. The highest BCUT2D eigenvalue weighted by Crippen LogP contribution is 2.37. The normalized spacial score (nSPS) is 26.6. The SMILES string of the molecule is COc1cncc(C(=O)C2(N(C)C)CCC(C)CC2)c1. The molecule has 0 saturated heterocycles. The zero-order valence-corrected chi connectivity index (χ0v) is 12.8. The highest BCUT2D eigenvalue weighted by atomic mass is 16.5. The van der Waals surface area contributed by atoms with Crippen LogP contribution in [0.5, 0.6) is 5.75 Å². The standard InChI is InChI=1S/C16H24N2O2/c1-12-5-7-16(8-6-12,18(2)3)15(19)13-9-14(20-4)11-17-10-13/h9-12H,5-8H2,1-4H3. The number of methoxy groups -OCH3 is 1. The third-order valence-corrected chi connectivity index (χ3v) is 4.59. The zero-order valence-electron chi connectivity index (χ0n) is 12.8. The highest BCUT2D eigenvalue weighted by molar-refractivity contribution is 6.03. The first-order valence-corrected chi connectivity index (χ1v) is 7.21. The van der Waals surface area contributed by atoms with E-state index in [-0.39, 0.29) is 11.3 Å². The molecule has 2 rings (SSSR count). The number of carbonyl (C=O) groups is 1. The van der Waals surface area contributed by atoms with Crippen molar-refractivity contribution in [1.29, 1.82) is 0 Å². The molecule has 1 aromatic heterocycles. The summed E-state index contributed by atoms with van der Waals surface area (Å²) in [5.41, 5.74) is 0.258. The van der Waals surface area contributed by atoms with Crippen molar-refractivity contribution >= 4 is 5.78 Å². The summed E-state index contributed by atoms with van der Waals surface area (Å²) in [6.07, 6.45) is 7.30. The van der Waals surface area contributed by atoms with E-state index in [1.54, 1.807) is 25.6 Å². The number of Topliss-reactive ketones (excluding diaryl/α,β-unsaturated/α-hetero) is 1. The molecule has 0 bridgehead atoms. The molecule has 4 heteroatoms. The van der Waals surface area contributed by atoms with Crippen molar-refractivity contribution in [3.05, 3.63) is 24.0 Å². The summed E-state index contributed by atoms with van der Waals surface area (Å²) in [6.45, 7) is 2.26. The summed E-state index contributed by atoms with van der Waals surface area (Å²) in [7, 11) is 5.60. The van der Waals surface area contributed by atoms with Crippen LogP contribution in [0.25, 0.3) is 0 Å². The summed E-state index contributed by atoms with van der Waals surface area (Å²) in [6, 6.07) is 1.79. The van der Waals surface area contributed by atoms with Crippen LogP contribution in [0.2, 0.25) is 0 Å². The lowest BCUT2D eigenvalue weighted by Crippen LogP contribution is -2.53. The fourth-order valence-corrected chi connectivity index (χ4v) is 3.04. The number of ether oxygens (including phenoxy) is 1. The van der Waals surface area contributed by atoms with Crippen LogP contribution in [0.15, 0.2) is 18.5 Å². The Balaban J connectivity index is 2.31. The van der Waals surface area contributed by atoms with Crippen LogP contribution in [0.1, 0.15) is 43.0 Å². The van der Waals surface area contributed by atoms with Crippen LogP contribution in [0.4, 0.5) is 0 Å². The molecule has 0 N–H and O–H groups in total. The molecule has 0 unspecified atom stereocenters. The number of nitrogens with zero attached hydrogens (tertiary/aromatic N) is 2. The van der Waals surface area contributed by atoms with Gasteiger partial charge in [-0.05, 0) is 51.8 Å². The summed E-state index contributed by atoms with van der Waals surface area (Å²) in [5, 5.41) is 0. The summed E-state index contributed by atoms with van der Waals surface area (Å²) in [5.74, 6) is 1.51. The van der Waals surface area contributed by atoms with E-state index in [1.807, 2.05) is 14.1 Å². The molecule has 1 aromatic rings. The maximum absolute atomic E-state index is 13.0. The molecule has 1 saturated carbocycles. The van der Waals surface area contributed by atoms with Crippen molar-refractivity contribution in [3.8, 4) is 5.75 Å². The molecule has 0 aromatic carbocycles. The maximum Gasteiger partial charge on any atom is 0.184 e. The van der Waals surface area contributed by atoms with Crippen LogP contribution in [0, 0.1) is 5.92 Å². The van der Waals surface area contributed by atoms with Gasteiger partial charge in [-0.2, -0.15) is 0 Å². The molecule has 4 nitrogen and oxygen atoms in total. The van der Waals surface area contributed by atoms with E-state index >= 15 is 0 Å². The molecule has 1 heterocycles. The van der Waals surface area contributed by atoms with Gasteiger partial charge in [0.1, 0.15) is 5.75 Å². The van der Waals surface area contributed by atoms with Gasteiger partial charge >= 0.3 is 0 Å². The number of hydrogen-bond acceptors (Lipinski definition) is 4. The van der Waals surface area contributed by atoms with Crippen LogP contribution in [-0.2, 0) is 0 Å². The summed E-state index contributed by atoms with van der Waals surface area (Å²) >= 11 is 0. The number of aromatic nitrogens is 1. The summed E-state index contributed by atoms with van der Waals surface area (Å²) in [4.78, 5) is 19.2. The van der Waals surface area contributed by atoms with Crippen molar-refractivity contribution in [2.75, 3.05) is 21.2 Å². The van der Waals surface area contributed by atoms with E-state index in [0.717, 1.165) is 25.7 Å². The molecule has 0 atom stereocenters. The van der Waals surface area contributed by atoms with Crippen molar-refractivity contribution in [1.82, 2.24) is 9.88 Å². The van der Waals surface area contributed by atoms with Crippen LogP contribution in [0.3, 0.4) is 0 Å². The topological polar surface area (TPSA) is 42.4 Å². The molecule has 0 amide bonds. The van der Waals surface area contributed by atoms with E-state index in [0.29, 0.717) is 17.2 Å². The third-order valence-electron chi connectivity index (χ3n) is 4.59. The largest absolute Gasteiger partial charge is 0.495 e. The first-order chi connectivity index (χ1) is 9.49. The Labute approximate surface area is 121 Å². The highest BCUT2D eigenvalue weighted by Gasteiger charge is 2.43. The number of ketones is 1. The number of pyridine rings is 1. The van der Waals surface area contributed by atoms with Gasteiger partial charge in [0.05, 0.1) is 18.8 Å². The lowest BCUT2D eigenvalue weighted by molar-refractivity contribution is 0.0512. The molecule has 110 valence electrons. The maximum atomic E-state index is 13.0. The van der Waals surface area contributed by atoms with Crippen molar-refractivity contribution in [3.63, 3.8) is 0 Å². The van der Waals surface area contributed by atoms with E-state index in [9.17, 15) is 4.79 Å². The molecule has 0 radical (unpaired) electrons. The third kappa shape index (κ3) is 2.70. The number of likely N-dealkylation sites (N-methyl/N-ethyl adjacent to an activating group) is 1. The van der Waals surface area contributed by atoms with Crippen LogP contribution >= 0.6 is 0 Å². The van der Waals surface area contributed by atoms with Gasteiger partial charge in [-0.3, -0.25) is 14.7 Å². The number of rotatable bonds is 4. The molecule has 1 aliphatic carbocycles. The summed E-state index contributed by atoms with van der Waals surface area (Å²) < 4.78 is 5.17. The Morgan fingerprint density at radius 1 is 1.35 bits per heavy atom. The van der Waals surface area contributed by atoms with Gasteiger partial charge in [0, 0.05) is 11.8 Å². The second kappa shape index (κ2) is 5.92. The minimum Gasteiger partial charge on any atom is -0.495 e. The fraction of sp³-hybridized carbons (Fsp3) is 0.625. The zero-order chi connectivity index (χ0) is 14.8. The molecule has 1 fully saturated rings. The lowest BCUT2D eigenvalue weighted by Gasteiger charge is -2.43. The van der Waals surface area contributed by atoms with Gasteiger partial charge in [-0.25, -0.2) is 0 Å². The van der Waals surface area contributed by atoms with Gasteiger partial charge < -0.3 is 4.74 Å². The lowest BCUT2D eigenvalue weighted by atomic mass is 9.72.